The summed E-state index contributed by atoms with van der Waals surface area (Å²) in [6, 6.07) is 0. The Morgan fingerprint density at radius 1 is 0.500 bits per heavy atom. The molecule has 7 heteroatoms. The maximum absolute atomic E-state index is 5.74. The summed E-state index contributed by atoms with van der Waals surface area (Å²) < 4.78 is 33.6. The van der Waals surface area contributed by atoms with Gasteiger partial charge < -0.3 is 0 Å². The fraction of sp³-hybridized carbons (Fsp3) is 1.00. The summed E-state index contributed by atoms with van der Waals surface area (Å²) in [7, 11) is 0. The van der Waals surface area contributed by atoms with Gasteiger partial charge in [0.1, 0.15) is 0 Å². The van der Waals surface area contributed by atoms with Crippen molar-refractivity contribution in [2.24, 2.45) is 0 Å². The van der Waals surface area contributed by atoms with Gasteiger partial charge in [-0.25, -0.2) is 0 Å². The molecule has 0 unspecified atom stereocenters. The molecule has 0 aliphatic heterocycles. The standard InChI is InChI=1S/3C5H11O2.In/c3*1-5(2)7-4-3-6;/h3*5H,3-4H2,1-2H3;/q3*-1;+3. The van der Waals surface area contributed by atoms with Crippen molar-refractivity contribution in [3.8, 4) is 0 Å². The van der Waals surface area contributed by atoms with Crippen LogP contribution in [0, 0.1) is 0 Å². The molecule has 22 heavy (non-hydrogen) atoms. The molecule has 0 N–H and O–H groups in total. The first-order valence-electron chi connectivity index (χ1n) is 8.11. The maximum atomic E-state index is 5.74. The average molecular weight is 424 g/mol. The van der Waals surface area contributed by atoms with Crippen LogP contribution >= 0.6 is 0 Å². The van der Waals surface area contributed by atoms with Crippen molar-refractivity contribution in [3.63, 3.8) is 0 Å². The second-order valence-corrected chi connectivity index (χ2v) is 10.2. The van der Waals surface area contributed by atoms with E-state index in [2.05, 4.69) is 0 Å². The minimum atomic E-state index is -2.90. The van der Waals surface area contributed by atoms with Gasteiger partial charge in [0.25, 0.3) is 0 Å². The number of ether oxygens (including phenoxy) is 3. The topological polar surface area (TPSA) is 55.4 Å². The molecule has 0 rings (SSSR count). The molecular formula is C15H33InO6. The van der Waals surface area contributed by atoms with Crippen molar-refractivity contribution < 1.29 is 22.8 Å². The van der Waals surface area contributed by atoms with E-state index >= 15 is 0 Å². The van der Waals surface area contributed by atoms with Gasteiger partial charge in [-0.1, -0.05) is 0 Å². The third kappa shape index (κ3) is 17.0. The van der Waals surface area contributed by atoms with Gasteiger partial charge in [-0.3, -0.25) is 0 Å². The molecule has 0 amide bonds. The van der Waals surface area contributed by atoms with Gasteiger partial charge in [0.2, 0.25) is 0 Å². The molecular weight excluding hydrogens is 391 g/mol. The minimum absolute atomic E-state index is 0.206. The Bertz CT molecular complexity index is 200. The fourth-order valence-electron chi connectivity index (χ4n) is 1.43. The summed E-state index contributed by atoms with van der Waals surface area (Å²) in [5, 5.41) is 0. The molecule has 0 fully saturated rings. The zero-order valence-corrected chi connectivity index (χ0v) is 18.3. The van der Waals surface area contributed by atoms with E-state index in [0.717, 1.165) is 0 Å². The molecule has 132 valence electrons. The fourth-order valence-corrected chi connectivity index (χ4v) is 4.72. The van der Waals surface area contributed by atoms with Gasteiger partial charge >= 0.3 is 145 Å². The van der Waals surface area contributed by atoms with E-state index in [9.17, 15) is 0 Å². The first-order chi connectivity index (χ1) is 10.4. The van der Waals surface area contributed by atoms with E-state index < -0.39 is 22.7 Å². The molecule has 0 spiro atoms. The molecule has 0 heterocycles. The van der Waals surface area contributed by atoms with Gasteiger partial charge in [0.05, 0.1) is 0 Å². The SMILES string of the molecule is CC(C)OCC[O][In]([O]CCOC(C)C)[O]CCOC(C)C. The molecule has 0 bridgehead atoms. The monoisotopic (exact) mass is 424 g/mol. The summed E-state index contributed by atoms with van der Waals surface area (Å²) in [5.74, 6) is 0. The van der Waals surface area contributed by atoms with E-state index in [0.29, 0.717) is 39.6 Å². The number of hydrogen-bond acceptors (Lipinski definition) is 6. The molecule has 0 radical (unpaired) electrons. The zero-order valence-electron chi connectivity index (χ0n) is 15.0. The van der Waals surface area contributed by atoms with Gasteiger partial charge in [-0.15, -0.1) is 0 Å². The van der Waals surface area contributed by atoms with Gasteiger partial charge in [-0.2, -0.15) is 0 Å². The number of rotatable bonds is 15. The van der Waals surface area contributed by atoms with Crippen LogP contribution in [0.5, 0.6) is 0 Å². The first kappa shape index (κ1) is 22.6. The van der Waals surface area contributed by atoms with E-state index in [1.54, 1.807) is 0 Å². The van der Waals surface area contributed by atoms with Crippen LogP contribution in [0.2, 0.25) is 0 Å². The van der Waals surface area contributed by atoms with Gasteiger partial charge in [0.15, 0.2) is 0 Å². The zero-order chi connectivity index (χ0) is 16.8. The predicted molar refractivity (Wildman–Crippen MR) is 86.9 cm³/mol. The Balaban J connectivity index is 3.86. The summed E-state index contributed by atoms with van der Waals surface area (Å²) in [5.41, 5.74) is 0. The van der Waals surface area contributed by atoms with E-state index in [4.69, 9.17) is 22.8 Å². The van der Waals surface area contributed by atoms with Gasteiger partial charge in [0, 0.05) is 0 Å². The van der Waals surface area contributed by atoms with Crippen LogP contribution in [-0.4, -0.2) is 80.7 Å². The Morgan fingerprint density at radius 3 is 1.00 bits per heavy atom. The summed E-state index contributed by atoms with van der Waals surface area (Å²) >= 11 is -2.90. The van der Waals surface area contributed by atoms with Crippen LogP contribution in [0.3, 0.4) is 0 Å². The van der Waals surface area contributed by atoms with E-state index in [1.165, 1.54) is 0 Å². The first-order valence-corrected chi connectivity index (χ1v) is 12.1. The van der Waals surface area contributed by atoms with Crippen LogP contribution in [0.4, 0.5) is 0 Å². The molecule has 0 aliphatic carbocycles. The third-order valence-electron chi connectivity index (χ3n) is 2.37. The summed E-state index contributed by atoms with van der Waals surface area (Å²) in [6.07, 6.45) is 0.619. The predicted octanol–water partition coefficient (Wildman–Crippen LogP) is 2.30. The molecule has 0 saturated carbocycles. The molecule has 0 atom stereocenters. The van der Waals surface area contributed by atoms with Crippen LogP contribution in [0.15, 0.2) is 0 Å². The Morgan fingerprint density at radius 2 is 0.773 bits per heavy atom. The second kappa shape index (κ2) is 15.2. The molecule has 6 nitrogen and oxygen atoms in total. The third-order valence-corrected chi connectivity index (χ3v) is 6.71. The van der Waals surface area contributed by atoms with Crippen molar-refractivity contribution in [1.82, 2.24) is 0 Å². The molecule has 0 aromatic heterocycles. The Labute approximate surface area is 145 Å². The van der Waals surface area contributed by atoms with Crippen molar-refractivity contribution in [2.45, 2.75) is 59.9 Å². The molecule has 0 aliphatic rings. The second-order valence-electron chi connectivity index (χ2n) is 5.66. The van der Waals surface area contributed by atoms with Crippen molar-refractivity contribution in [3.05, 3.63) is 0 Å². The van der Waals surface area contributed by atoms with Crippen molar-refractivity contribution in [1.29, 1.82) is 0 Å². The van der Waals surface area contributed by atoms with Crippen molar-refractivity contribution >= 4 is 22.7 Å². The normalized spacial score (nSPS) is 11.9. The number of hydrogen-bond donors (Lipinski definition) is 0. The average Bonchev–Trinajstić information content (AvgIpc) is 2.42. The Hall–Kier alpha value is 0.630. The van der Waals surface area contributed by atoms with Gasteiger partial charge in [-0.05, 0) is 0 Å². The van der Waals surface area contributed by atoms with Crippen LogP contribution < -0.4 is 0 Å². The summed E-state index contributed by atoms with van der Waals surface area (Å²) in [4.78, 5) is 0. The Kier molecular flexibility index (Phi) is 15.6. The molecule has 0 aromatic rings. The van der Waals surface area contributed by atoms with Crippen LogP contribution in [0.25, 0.3) is 0 Å². The quantitative estimate of drug-likeness (QED) is 0.376. The van der Waals surface area contributed by atoms with Crippen LogP contribution in [-0.2, 0) is 22.8 Å². The molecule has 0 saturated heterocycles. The van der Waals surface area contributed by atoms with E-state index in [1.807, 2.05) is 41.5 Å². The summed E-state index contributed by atoms with van der Waals surface area (Å²) in [6.45, 7) is 15.2. The molecule has 0 aromatic carbocycles. The van der Waals surface area contributed by atoms with E-state index in [-0.39, 0.29) is 18.3 Å². The van der Waals surface area contributed by atoms with Crippen molar-refractivity contribution in [2.75, 3.05) is 39.6 Å². The van der Waals surface area contributed by atoms with Crippen LogP contribution in [0.1, 0.15) is 41.5 Å².